The predicted octanol–water partition coefficient (Wildman–Crippen LogP) is 4.37. The molecule has 1 amide bonds. The largest absolute Gasteiger partial charge is 0.494 e. The number of amides is 1. The van der Waals surface area contributed by atoms with Gasteiger partial charge in [-0.3, -0.25) is 4.79 Å². The van der Waals surface area contributed by atoms with Crippen LogP contribution in [-0.4, -0.2) is 29.6 Å². The molecule has 3 aromatic rings. The molecule has 1 aromatic carbocycles. The Balaban J connectivity index is 1.74. The molecule has 0 aliphatic rings. The number of hydrogen-bond acceptors (Lipinski definition) is 6. The van der Waals surface area contributed by atoms with E-state index in [0.717, 1.165) is 5.39 Å². The first-order valence-corrected chi connectivity index (χ1v) is 9.06. The molecule has 1 atom stereocenters. The highest BCUT2D eigenvalue weighted by molar-refractivity contribution is 6.32. The molecule has 0 aliphatic heterocycles. The lowest BCUT2D eigenvalue weighted by atomic mass is 10.1. The minimum Gasteiger partial charge on any atom is -0.494 e. The minimum absolute atomic E-state index is 0.0442. The van der Waals surface area contributed by atoms with Crippen molar-refractivity contribution in [3.05, 3.63) is 53.0 Å². The predicted molar refractivity (Wildman–Crippen MR) is 105 cm³/mol. The van der Waals surface area contributed by atoms with Crippen LogP contribution in [0.4, 0.5) is 5.69 Å². The third-order valence-corrected chi connectivity index (χ3v) is 4.38. The topological polar surface area (TPSA) is 90.7 Å². The Hall–Kier alpha value is -3.06. The van der Waals surface area contributed by atoms with Gasteiger partial charge in [0.2, 0.25) is 5.76 Å². The molecule has 0 unspecified atom stereocenters. The van der Waals surface area contributed by atoms with Crippen LogP contribution < -0.4 is 10.1 Å². The highest BCUT2D eigenvalue weighted by atomic mass is 35.5. The molecule has 146 valence electrons. The summed E-state index contributed by atoms with van der Waals surface area (Å²) in [5.41, 5.74) is 1.48. The third kappa shape index (κ3) is 4.09. The normalized spacial score (nSPS) is 11.9. The van der Waals surface area contributed by atoms with E-state index in [2.05, 4.69) is 10.3 Å². The zero-order valence-electron chi connectivity index (χ0n) is 15.6. The molecule has 0 saturated heterocycles. The summed E-state index contributed by atoms with van der Waals surface area (Å²) in [7, 11) is 0. The van der Waals surface area contributed by atoms with Crippen LogP contribution in [0.3, 0.4) is 0 Å². The number of aromatic nitrogens is 1. The second-order valence-electron chi connectivity index (χ2n) is 6.03. The Morgan fingerprint density at radius 1 is 1.32 bits per heavy atom. The van der Waals surface area contributed by atoms with Crippen LogP contribution in [0.2, 0.25) is 5.15 Å². The number of furan rings is 1. The molecule has 0 saturated carbocycles. The average molecular weight is 403 g/mol. The van der Waals surface area contributed by atoms with Gasteiger partial charge < -0.3 is 19.2 Å². The van der Waals surface area contributed by atoms with Crippen LogP contribution >= 0.6 is 11.6 Å². The van der Waals surface area contributed by atoms with E-state index in [0.29, 0.717) is 29.2 Å². The zero-order valence-corrected chi connectivity index (χ0v) is 16.4. The number of ether oxygens (including phenoxy) is 2. The number of aryl methyl sites for hydroxylation is 1. The van der Waals surface area contributed by atoms with Crippen LogP contribution in [0.1, 0.15) is 30.0 Å². The first-order chi connectivity index (χ1) is 13.4. The van der Waals surface area contributed by atoms with Gasteiger partial charge in [0.25, 0.3) is 5.91 Å². The number of halogens is 1. The van der Waals surface area contributed by atoms with Gasteiger partial charge in [-0.15, -0.1) is 0 Å². The number of nitrogens with one attached hydrogen (secondary N) is 1. The zero-order chi connectivity index (χ0) is 20.3. The van der Waals surface area contributed by atoms with Crippen molar-refractivity contribution < 1.29 is 23.5 Å². The van der Waals surface area contributed by atoms with Gasteiger partial charge >= 0.3 is 5.97 Å². The van der Waals surface area contributed by atoms with E-state index in [-0.39, 0.29) is 10.9 Å². The second kappa shape index (κ2) is 8.31. The number of anilines is 1. The number of esters is 1. The van der Waals surface area contributed by atoms with Gasteiger partial charge in [-0.05, 0) is 51.1 Å². The Bertz CT molecular complexity index is 1030. The molecule has 2 heterocycles. The van der Waals surface area contributed by atoms with Crippen molar-refractivity contribution in [3.8, 4) is 5.75 Å². The fraction of sp³-hybridized carbons (Fsp3) is 0.250. The SMILES string of the molecule is CCOc1ccc2oc(C(=O)O[C@@H](C)C(=O)Nc3cccnc3Cl)c(C)c2c1. The van der Waals surface area contributed by atoms with Gasteiger partial charge in [-0.2, -0.15) is 0 Å². The number of benzene rings is 1. The summed E-state index contributed by atoms with van der Waals surface area (Å²) >= 11 is 5.92. The van der Waals surface area contributed by atoms with Crippen LogP contribution in [0, 0.1) is 6.92 Å². The molecule has 3 rings (SSSR count). The summed E-state index contributed by atoms with van der Waals surface area (Å²) in [6.07, 6.45) is 0.443. The van der Waals surface area contributed by atoms with Crippen molar-refractivity contribution in [2.75, 3.05) is 11.9 Å². The molecular weight excluding hydrogens is 384 g/mol. The smallest absolute Gasteiger partial charge is 0.375 e. The van der Waals surface area contributed by atoms with E-state index < -0.39 is 18.0 Å². The number of rotatable bonds is 6. The number of nitrogens with zero attached hydrogens (tertiary/aromatic N) is 1. The van der Waals surface area contributed by atoms with Crippen molar-refractivity contribution in [2.45, 2.75) is 26.9 Å². The van der Waals surface area contributed by atoms with E-state index in [9.17, 15) is 9.59 Å². The van der Waals surface area contributed by atoms with E-state index in [4.69, 9.17) is 25.5 Å². The van der Waals surface area contributed by atoms with E-state index in [1.165, 1.54) is 13.1 Å². The number of carbonyl (C=O) groups excluding carboxylic acids is 2. The van der Waals surface area contributed by atoms with Crippen LogP contribution in [0.5, 0.6) is 5.75 Å². The van der Waals surface area contributed by atoms with Crippen LogP contribution in [-0.2, 0) is 9.53 Å². The fourth-order valence-corrected chi connectivity index (χ4v) is 2.80. The van der Waals surface area contributed by atoms with Gasteiger partial charge in [0, 0.05) is 17.1 Å². The monoisotopic (exact) mass is 402 g/mol. The van der Waals surface area contributed by atoms with Crippen molar-refractivity contribution in [1.29, 1.82) is 0 Å². The standard InChI is InChI=1S/C20H19ClN2O5/c1-4-26-13-7-8-16-14(10-13)11(2)17(28-16)20(25)27-12(3)19(24)23-15-6-5-9-22-18(15)21/h5-10,12H,4H2,1-3H3,(H,23,24)/t12-/m0/s1. The molecule has 1 N–H and O–H groups in total. The Morgan fingerprint density at radius 3 is 2.82 bits per heavy atom. The lowest BCUT2D eigenvalue weighted by molar-refractivity contribution is -0.123. The molecule has 0 bridgehead atoms. The molecular formula is C20H19ClN2O5. The van der Waals surface area contributed by atoms with Gasteiger partial charge in [-0.25, -0.2) is 9.78 Å². The molecule has 8 heteroatoms. The van der Waals surface area contributed by atoms with E-state index in [1.807, 2.05) is 6.92 Å². The minimum atomic E-state index is -1.06. The van der Waals surface area contributed by atoms with Crippen LogP contribution in [0.25, 0.3) is 11.0 Å². The second-order valence-corrected chi connectivity index (χ2v) is 6.38. The molecule has 7 nitrogen and oxygen atoms in total. The highest BCUT2D eigenvalue weighted by Gasteiger charge is 2.25. The number of pyridine rings is 1. The maximum absolute atomic E-state index is 12.5. The van der Waals surface area contributed by atoms with Gasteiger partial charge in [0.15, 0.2) is 11.3 Å². The van der Waals surface area contributed by atoms with Gasteiger partial charge in [0.1, 0.15) is 11.3 Å². The van der Waals surface area contributed by atoms with Crippen molar-refractivity contribution in [3.63, 3.8) is 0 Å². The number of hydrogen-bond donors (Lipinski definition) is 1. The van der Waals surface area contributed by atoms with Crippen molar-refractivity contribution in [2.24, 2.45) is 0 Å². The lowest BCUT2D eigenvalue weighted by Gasteiger charge is -2.13. The Morgan fingerprint density at radius 2 is 2.11 bits per heavy atom. The summed E-state index contributed by atoms with van der Waals surface area (Å²) in [5, 5.41) is 3.47. The summed E-state index contributed by atoms with van der Waals surface area (Å²) in [4.78, 5) is 28.7. The summed E-state index contributed by atoms with van der Waals surface area (Å²) in [6, 6.07) is 8.52. The van der Waals surface area contributed by atoms with E-state index in [1.54, 1.807) is 37.3 Å². The van der Waals surface area contributed by atoms with Crippen LogP contribution in [0.15, 0.2) is 40.9 Å². The quantitative estimate of drug-likeness (QED) is 0.486. The van der Waals surface area contributed by atoms with Crippen molar-refractivity contribution in [1.82, 2.24) is 4.98 Å². The molecule has 0 spiro atoms. The number of carbonyl (C=O) groups is 2. The highest BCUT2D eigenvalue weighted by Crippen LogP contribution is 2.29. The maximum atomic E-state index is 12.5. The maximum Gasteiger partial charge on any atom is 0.375 e. The molecule has 0 aliphatic carbocycles. The summed E-state index contributed by atoms with van der Waals surface area (Å²) in [6.45, 7) is 5.63. The van der Waals surface area contributed by atoms with Gasteiger partial charge in [-0.1, -0.05) is 11.6 Å². The van der Waals surface area contributed by atoms with Gasteiger partial charge in [0.05, 0.1) is 12.3 Å². The first kappa shape index (κ1) is 19.7. The number of fused-ring (bicyclic) bond motifs is 1. The van der Waals surface area contributed by atoms with Crippen molar-refractivity contribution >= 4 is 40.1 Å². The lowest BCUT2D eigenvalue weighted by Crippen LogP contribution is -2.30. The summed E-state index contributed by atoms with van der Waals surface area (Å²) in [5.74, 6) is -0.537. The average Bonchev–Trinajstić information content (AvgIpc) is 3.00. The molecule has 0 fully saturated rings. The Labute approximate surface area is 166 Å². The molecule has 0 radical (unpaired) electrons. The third-order valence-electron chi connectivity index (χ3n) is 4.07. The molecule has 2 aromatic heterocycles. The first-order valence-electron chi connectivity index (χ1n) is 8.69. The Kier molecular flexibility index (Phi) is 5.84. The van der Waals surface area contributed by atoms with E-state index >= 15 is 0 Å². The molecule has 28 heavy (non-hydrogen) atoms. The summed E-state index contributed by atoms with van der Waals surface area (Å²) < 4.78 is 16.4. The fourth-order valence-electron chi connectivity index (χ4n) is 2.63.